The maximum atomic E-state index is 5.82. The number of nitrogens with one attached hydrogen (secondary N) is 1. The minimum absolute atomic E-state index is 0.521. The van der Waals surface area contributed by atoms with Crippen molar-refractivity contribution in [2.45, 2.75) is 20.4 Å². The summed E-state index contributed by atoms with van der Waals surface area (Å²) in [7, 11) is 1.91. The summed E-state index contributed by atoms with van der Waals surface area (Å²) >= 11 is 0. The van der Waals surface area contributed by atoms with Gasteiger partial charge in [0.2, 0.25) is 5.88 Å². The third-order valence-corrected chi connectivity index (χ3v) is 3.03. The first-order valence-corrected chi connectivity index (χ1v) is 7.44. The van der Waals surface area contributed by atoms with Gasteiger partial charge >= 0.3 is 0 Å². The third kappa shape index (κ3) is 4.69. The summed E-state index contributed by atoms with van der Waals surface area (Å²) in [5.74, 6) is 1.23. The molecule has 114 valence electrons. The summed E-state index contributed by atoms with van der Waals surface area (Å²) in [6.07, 6.45) is 0. The number of hydrogen-bond acceptors (Lipinski definition) is 4. The van der Waals surface area contributed by atoms with E-state index in [2.05, 4.69) is 36.3 Å². The van der Waals surface area contributed by atoms with Crippen LogP contribution in [0, 0.1) is 5.92 Å². The Labute approximate surface area is 126 Å². The summed E-state index contributed by atoms with van der Waals surface area (Å²) in [6, 6.07) is 10.2. The predicted octanol–water partition coefficient (Wildman–Crippen LogP) is 3.01. The Morgan fingerprint density at radius 2 is 2.00 bits per heavy atom. The molecule has 0 amide bonds. The Morgan fingerprint density at radius 1 is 1.19 bits per heavy atom. The van der Waals surface area contributed by atoms with Gasteiger partial charge in [-0.15, -0.1) is 0 Å². The van der Waals surface area contributed by atoms with Crippen molar-refractivity contribution in [2.75, 3.05) is 26.9 Å². The van der Waals surface area contributed by atoms with Gasteiger partial charge in [0, 0.05) is 18.5 Å². The zero-order chi connectivity index (χ0) is 15.1. The summed E-state index contributed by atoms with van der Waals surface area (Å²) in [6.45, 7) is 6.87. The van der Waals surface area contributed by atoms with Crippen LogP contribution in [0.3, 0.4) is 0 Å². The van der Waals surface area contributed by atoms with E-state index in [-0.39, 0.29) is 0 Å². The van der Waals surface area contributed by atoms with Crippen LogP contribution in [-0.2, 0) is 11.3 Å². The molecule has 1 N–H and O–H groups in total. The maximum absolute atomic E-state index is 5.82. The predicted molar refractivity (Wildman–Crippen MR) is 85.7 cm³/mol. The average molecular weight is 288 g/mol. The van der Waals surface area contributed by atoms with E-state index in [1.54, 1.807) is 0 Å². The standard InChI is InChI=1S/C17H24N2O2/c1-13(2)12-20-8-9-21-17-16-7-5-4-6-14(16)10-15(19-17)11-18-3/h4-7,10,13,18H,8-9,11-12H2,1-3H3. The van der Waals surface area contributed by atoms with Crippen LogP contribution >= 0.6 is 0 Å². The van der Waals surface area contributed by atoms with E-state index in [4.69, 9.17) is 9.47 Å². The molecule has 2 aromatic rings. The molecule has 4 heteroatoms. The fourth-order valence-corrected chi connectivity index (χ4v) is 2.12. The molecule has 1 aromatic carbocycles. The first-order chi connectivity index (χ1) is 10.2. The van der Waals surface area contributed by atoms with Gasteiger partial charge in [-0.2, -0.15) is 0 Å². The molecule has 0 aliphatic rings. The zero-order valence-corrected chi connectivity index (χ0v) is 13.1. The first kappa shape index (κ1) is 15.7. The van der Waals surface area contributed by atoms with E-state index in [0.717, 1.165) is 29.6 Å². The van der Waals surface area contributed by atoms with Gasteiger partial charge < -0.3 is 14.8 Å². The molecule has 0 atom stereocenters. The molecule has 0 bridgehead atoms. The van der Waals surface area contributed by atoms with Crippen LogP contribution in [0.1, 0.15) is 19.5 Å². The van der Waals surface area contributed by atoms with Gasteiger partial charge in [0.05, 0.1) is 12.3 Å². The first-order valence-electron chi connectivity index (χ1n) is 7.44. The lowest BCUT2D eigenvalue weighted by Crippen LogP contribution is -2.12. The van der Waals surface area contributed by atoms with E-state index < -0.39 is 0 Å². The van der Waals surface area contributed by atoms with Crippen LogP contribution in [0.4, 0.5) is 0 Å². The van der Waals surface area contributed by atoms with E-state index >= 15 is 0 Å². The van der Waals surface area contributed by atoms with E-state index in [0.29, 0.717) is 25.0 Å². The Kier molecular flexibility index (Phi) is 5.96. The topological polar surface area (TPSA) is 43.4 Å². The number of aromatic nitrogens is 1. The SMILES string of the molecule is CNCc1cc2ccccc2c(OCCOCC(C)C)n1. The number of pyridine rings is 1. The highest BCUT2D eigenvalue weighted by Crippen LogP contribution is 2.24. The highest BCUT2D eigenvalue weighted by molar-refractivity contribution is 5.87. The van der Waals surface area contributed by atoms with Crippen LogP contribution in [0.15, 0.2) is 30.3 Å². The van der Waals surface area contributed by atoms with Gasteiger partial charge in [-0.3, -0.25) is 0 Å². The summed E-state index contributed by atoms with van der Waals surface area (Å²) in [4.78, 5) is 4.58. The average Bonchev–Trinajstić information content (AvgIpc) is 2.47. The Balaban J connectivity index is 2.06. The van der Waals surface area contributed by atoms with Gasteiger partial charge in [0.25, 0.3) is 0 Å². The van der Waals surface area contributed by atoms with Gasteiger partial charge in [0.1, 0.15) is 6.61 Å². The Morgan fingerprint density at radius 3 is 2.76 bits per heavy atom. The number of benzene rings is 1. The largest absolute Gasteiger partial charge is 0.475 e. The number of nitrogens with zero attached hydrogens (tertiary/aromatic N) is 1. The Bertz CT molecular complexity index is 570. The maximum Gasteiger partial charge on any atom is 0.221 e. The fourth-order valence-electron chi connectivity index (χ4n) is 2.12. The molecule has 21 heavy (non-hydrogen) atoms. The molecule has 0 radical (unpaired) electrons. The van der Waals surface area contributed by atoms with Crippen LogP contribution in [-0.4, -0.2) is 31.9 Å². The van der Waals surface area contributed by atoms with Crippen molar-refractivity contribution >= 4 is 10.8 Å². The van der Waals surface area contributed by atoms with E-state index in [1.807, 2.05) is 25.2 Å². The summed E-state index contributed by atoms with van der Waals surface area (Å²) in [5.41, 5.74) is 0.981. The zero-order valence-electron chi connectivity index (χ0n) is 13.1. The molecule has 2 rings (SSSR count). The number of fused-ring (bicyclic) bond motifs is 1. The van der Waals surface area contributed by atoms with E-state index in [9.17, 15) is 0 Å². The lowest BCUT2D eigenvalue weighted by atomic mass is 10.1. The molecule has 0 fully saturated rings. The lowest BCUT2D eigenvalue weighted by molar-refractivity contribution is 0.0810. The van der Waals surface area contributed by atoms with Gasteiger partial charge in [-0.1, -0.05) is 32.0 Å². The number of ether oxygens (including phenoxy) is 2. The molecule has 4 nitrogen and oxygen atoms in total. The minimum atomic E-state index is 0.521. The van der Waals surface area contributed by atoms with Crippen molar-refractivity contribution in [3.05, 3.63) is 36.0 Å². The third-order valence-electron chi connectivity index (χ3n) is 3.03. The molecule has 0 saturated heterocycles. The number of rotatable bonds is 8. The second-order valence-corrected chi connectivity index (χ2v) is 5.49. The van der Waals surface area contributed by atoms with Crippen molar-refractivity contribution in [3.8, 4) is 5.88 Å². The second kappa shape index (κ2) is 7.96. The number of hydrogen-bond donors (Lipinski definition) is 1. The summed E-state index contributed by atoms with van der Waals surface area (Å²) < 4.78 is 11.4. The monoisotopic (exact) mass is 288 g/mol. The smallest absolute Gasteiger partial charge is 0.221 e. The van der Waals surface area contributed by atoms with E-state index in [1.165, 1.54) is 0 Å². The second-order valence-electron chi connectivity index (χ2n) is 5.49. The van der Waals surface area contributed by atoms with Crippen molar-refractivity contribution in [3.63, 3.8) is 0 Å². The molecule has 1 heterocycles. The summed E-state index contributed by atoms with van der Waals surface area (Å²) in [5, 5.41) is 5.31. The molecule has 0 aliphatic heterocycles. The fraction of sp³-hybridized carbons (Fsp3) is 0.471. The van der Waals surface area contributed by atoms with Crippen molar-refractivity contribution < 1.29 is 9.47 Å². The highest BCUT2D eigenvalue weighted by atomic mass is 16.5. The molecular weight excluding hydrogens is 264 g/mol. The van der Waals surface area contributed by atoms with Crippen molar-refractivity contribution in [1.29, 1.82) is 0 Å². The van der Waals surface area contributed by atoms with Crippen LogP contribution in [0.25, 0.3) is 10.8 Å². The molecular formula is C17H24N2O2. The lowest BCUT2D eigenvalue weighted by Gasteiger charge is -2.11. The quantitative estimate of drug-likeness (QED) is 0.758. The Hall–Kier alpha value is -1.65. The normalized spacial score (nSPS) is 11.2. The van der Waals surface area contributed by atoms with Gasteiger partial charge in [-0.05, 0) is 30.5 Å². The molecule has 1 aromatic heterocycles. The van der Waals surface area contributed by atoms with Crippen LogP contribution < -0.4 is 10.1 Å². The highest BCUT2D eigenvalue weighted by Gasteiger charge is 2.07. The van der Waals surface area contributed by atoms with Crippen molar-refractivity contribution in [1.82, 2.24) is 10.3 Å². The molecule has 0 saturated carbocycles. The van der Waals surface area contributed by atoms with Gasteiger partial charge in [-0.25, -0.2) is 4.98 Å². The van der Waals surface area contributed by atoms with Crippen molar-refractivity contribution in [2.24, 2.45) is 5.92 Å². The van der Waals surface area contributed by atoms with Crippen LogP contribution in [0.2, 0.25) is 0 Å². The van der Waals surface area contributed by atoms with Gasteiger partial charge in [0.15, 0.2) is 0 Å². The minimum Gasteiger partial charge on any atom is -0.475 e. The molecule has 0 unspecified atom stereocenters. The van der Waals surface area contributed by atoms with Crippen LogP contribution in [0.5, 0.6) is 5.88 Å². The molecule has 0 aliphatic carbocycles. The molecule has 0 spiro atoms.